The molecule has 2 amide bonds. The summed E-state index contributed by atoms with van der Waals surface area (Å²) >= 11 is 12.1. The molecule has 26 heavy (non-hydrogen) atoms. The minimum atomic E-state index is -0.426. The highest BCUT2D eigenvalue weighted by molar-refractivity contribution is 6.38. The molecule has 1 heterocycles. The van der Waals surface area contributed by atoms with Gasteiger partial charge in [0.25, 0.3) is 0 Å². The molecule has 1 N–H and O–H groups in total. The quantitative estimate of drug-likeness (QED) is 0.628. The van der Waals surface area contributed by atoms with Gasteiger partial charge in [-0.25, -0.2) is 5.43 Å². The lowest BCUT2D eigenvalue weighted by Crippen LogP contribution is -2.30. The topological polar surface area (TPSA) is 61.8 Å². The number of nitrogens with one attached hydrogen (secondary N) is 1. The van der Waals surface area contributed by atoms with Gasteiger partial charge in [-0.2, -0.15) is 5.10 Å². The third-order valence-corrected chi connectivity index (χ3v) is 4.83. The van der Waals surface area contributed by atoms with E-state index >= 15 is 0 Å². The second kappa shape index (κ2) is 8.34. The van der Waals surface area contributed by atoms with E-state index < -0.39 is 5.92 Å². The van der Waals surface area contributed by atoms with Crippen LogP contribution in [0.3, 0.4) is 0 Å². The third kappa shape index (κ3) is 4.42. The Bertz CT molecular complexity index is 820. The van der Waals surface area contributed by atoms with Crippen LogP contribution in [0.4, 0.5) is 0 Å². The molecule has 5 nitrogen and oxygen atoms in total. The molecule has 1 fully saturated rings. The second-order valence-electron chi connectivity index (χ2n) is 6.03. The lowest BCUT2D eigenvalue weighted by Gasteiger charge is -2.16. The fourth-order valence-corrected chi connectivity index (χ4v) is 3.29. The summed E-state index contributed by atoms with van der Waals surface area (Å²) < 4.78 is 0. The van der Waals surface area contributed by atoms with Gasteiger partial charge in [0.05, 0.1) is 22.2 Å². The molecule has 0 saturated carbocycles. The monoisotopic (exact) mass is 389 g/mol. The predicted octanol–water partition coefficient (Wildman–Crippen LogP) is 3.49. The summed E-state index contributed by atoms with van der Waals surface area (Å²) in [6, 6.07) is 14.8. The summed E-state index contributed by atoms with van der Waals surface area (Å²) in [5.74, 6) is -0.759. The van der Waals surface area contributed by atoms with Gasteiger partial charge in [0.1, 0.15) is 0 Å². The minimum Gasteiger partial charge on any atom is -0.338 e. The van der Waals surface area contributed by atoms with Crippen molar-refractivity contribution in [3.05, 3.63) is 69.7 Å². The maximum Gasteiger partial charge on any atom is 0.245 e. The minimum absolute atomic E-state index is 0.0351. The van der Waals surface area contributed by atoms with Crippen LogP contribution in [-0.2, 0) is 16.1 Å². The van der Waals surface area contributed by atoms with E-state index in [4.69, 9.17) is 23.2 Å². The third-order valence-electron chi connectivity index (χ3n) is 4.17. The average Bonchev–Trinajstić information content (AvgIpc) is 2.99. The Morgan fingerprint density at radius 2 is 1.85 bits per heavy atom. The van der Waals surface area contributed by atoms with E-state index in [1.165, 1.54) is 6.21 Å². The maximum atomic E-state index is 12.3. The van der Waals surface area contributed by atoms with Gasteiger partial charge in [-0.05, 0) is 17.7 Å². The molecule has 0 spiro atoms. The van der Waals surface area contributed by atoms with Crippen molar-refractivity contribution < 1.29 is 9.59 Å². The lowest BCUT2D eigenvalue weighted by atomic mass is 10.1. The molecule has 2 aromatic carbocycles. The van der Waals surface area contributed by atoms with E-state index in [-0.39, 0.29) is 18.2 Å². The van der Waals surface area contributed by atoms with Crippen molar-refractivity contribution in [3.8, 4) is 0 Å². The fraction of sp³-hybridized carbons (Fsp3) is 0.211. The van der Waals surface area contributed by atoms with Gasteiger partial charge in [0.2, 0.25) is 11.8 Å². The second-order valence-corrected chi connectivity index (χ2v) is 6.84. The zero-order valence-corrected chi connectivity index (χ0v) is 15.4. The molecule has 0 radical (unpaired) electrons. The molecule has 0 bridgehead atoms. The van der Waals surface area contributed by atoms with Gasteiger partial charge in [0, 0.05) is 25.1 Å². The molecule has 3 rings (SSSR count). The van der Waals surface area contributed by atoms with Crippen LogP contribution in [0.25, 0.3) is 0 Å². The number of amides is 2. The average molecular weight is 390 g/mol. The van der Waals surface area contributed by atoms with Crippen LogP contribution < -0.4 is 5.43 Å². The van der Waals surface area contributed by atoms with E-state index in [1.54, 1.807) is 23.1 Å². The van der Waals surface area contributed by atoms with E-state index in [2.05, 4.69) is 10.5 Å². The smallest absolute Gasteiger partial charge is 0.245 e. The number of rotatable bonds is 5. The van der Waals surface area contributed by atoms with Crippen molar-refractivity contribution >= 4 is 41.2 Å². The number of halogens is 2. The first-order valence-electron chi connectivity index (χ1n) is 8.13. The van der Waals surface area contributed by atoms with Crippen molar-refractivity contribution in [1.82, 2.24) is 10.3 Å². The van der Waals surface area contributed by atoms with Crippen LogP contribution in [0, 0.1) is 5.92 Å². The van der Waals surface area contributed by atoms with E-state index in [1.807, 2.05) is 30.3 Å². The number of carbonyl (C=O) groups is 2. The van der Waals surface area contributed by atoms with Gasteiger partial charge in [-0.3, -0.25) is 9.59 Å². The van der Waals surface area contributed by atoms with Crippen LogP contribution in [0.5, 0.6) is 0 Å². The Balaban J connectivity index is 1.57. The molecule has 1 aliphatic heterocycles. The highest BCUT2D eigenvalue weighted by Gasteiger charge is 2.34. The fourth-order valence-electron chi connectivity index (χ4n) is 2.79. The summed E-state index contributed by atoms with van der Waals surface area (Å²) in [6.07, 6.45) is 1.59. The van der Waals surface area contributed by atoms with Crippen molar-refractivity contribution in [2.24, 2.45) is 11.0 Å². The summed E-state index contributed by atoms with van der Waals surface area (Å²) in [5.41, 5.74) is 4.03. The molecule has 1 unspecified atom stereocenters. The van der Waals surface area contributed by atoms with Gasteiger partial charge in [0.15, 0.2) is 0 Å². The number of nitrogens with zero attached hydrogens (tertiary/aromatic N) is 2. The first kappa shape index (κ1) is 18.4. The number of carbonyl (C=O) groups excluding carboxylic acids is 2. The molecule has 0 aliphatic carbocycles. The summed E-state index contributed by atoms with van der Waals surface area (Å²) in [4.78, 5) is 26.1. The standard InChI is InChI=1S/C19H17Cl2N3O2/c20-16-7-4-8-17(21)15(16)10-22-23-19(26)14-9-18(25)24(12-14)11-13-5-2-1-3-6-13/h1-8,10,14H,9,11-12H2,(H,23,26)/b22-10+. The zero-order valence-electron chi connectivity index (χ0n) is 13.9. The van der Waals surface area contributed by atoms with Gasteiger partial charge in [-0.15, -0.1) is 0 Å². The first-order valence-corrected chi connectivity index (χ1v) is 8.89. The maximum absolute atomic E-state index is 12.3. The van der Waals surface area contributed by atoms with Crippen molar-refractivity contribution in [2.75, 3.05) is 6.54 Å². The molecular weight excluding hydrogens is 373 g/mol. The predicted molar refractivity (Wildman–Crippen MR) is 102 cm³/mol. The van der Waals surface area contributed by atoms with Gasteiger partial charge in [-0.1, -0.05) is 59.6 Å². The highest BCUT2D eigenvalue weighted by atomic mass is 35.5. The zero-order chi connectivity index (χ0) is 18.5. The largest absolute Gasteiger partial charge is 0.338 e. The summed E-state index contributed by atoms with van der Waals surface area (Å²) in [7, 11) is 0. The van der Waals surface area contributed by atoms with Crippen LogP contribution in [0.2, 0.25) is 10.0 Å². The Labute approximate surface area is 161 Å². The Hall–Kier alpha value is -2.37. The molecule has 1 aliphatic rings. The first-order chi connectivity index (χ1) is 12.5. The molecule has 2 aromatic rings. The summed E-state index contributed by atoms with van der Waals surface area (Å²) in [5, 5.41) is 4.81. The van der Waals surface area contributed by atoms with Crippen LogP contribution in [0.15, 0.2) is 53.6 Å². The molecule has 7 heteroatoms. The lowest BCUT2D eigenvalue weighted by molar-refractivity contribution is -0.129. The van der Waals surface area contributed by atoms with Crippen molar-refractivity contribution in [1.29, 1.82) is 0 Å². The van der Waals surface area contributed by atoms with Gasteiger partial charge < -0.3 is 4.90 Å². The molecule has 1 saturated heterocycles. The Morgan fingerprint density at radius 3 is 2.54 bits per heavy atom. The number of benzene rings is 2. The SMILES string of the molecule is O=C(N/N=C/c1c(Cl)cccc1Cl)C1CC(=O)N(Cc2ccccc2)C1. The molecule has 1 atom stereocenters. The number of hydrazone groups is 1. The Kier molecular flexibility index (Phi) is 5.91. The molecular formula is C19H17Cl2N3O2. The number of hydrogen-bond acceptors (Lipinski definition) is 3. The highest BCUT2D eigenvalue weighted by Crippen LogP contribution is 2.22. The van der Waals surface area contributed by atoms with Crippen LogP contribution in [0.1, 0.15) is 17.5 Å². The molecule has 134 valence electrons. The van der Waals surface area contributed by atoms with Crippen LogP contribution >= 0.6 is 23.2 Å². The number of hydrogen-bond donors (Lipinski definition) is 1. The normalized spacial score (nSPS) is 17.1. The van der Waals surface area contributed by atoms with E-state index in [9.17, 15) is 9.59 Å². The number of likely N-dealkylation sites (tertiary alicyclic amines) is 1. The van der Waals surface area contributed by atoms with E-state index in [0.717, 1.165) is 5.56 Å². The van der Waals surface area contributed by atoms with Gasteiger partial charge >= 0.3 is 0 Å². The molecule has 0 aromatic heterocycles. The Morgan fingerprint density at radius 1 is 1.15 bits per heavy atom. The van der Waals surface area contributed by atoms with Crippen LogP contribution in [-0.4, -0.2) is 29.5 Å². The van der Waals surface area contributed by atoms with Crippen molar-refractivity contribution in [2.45, 2.75) is 13.0 Å². The summed E-state index contributed by atoms with van der Waals surface area (Å²) in [6.45, 7) is 0.879. The van der Waals surface area contributed by atoms with E-state index in [0.29, 0.717) is 28.7 Å². The van der Waals surface area contributed by atoms with Crippen molar-refractivity contribution in [3.63, 3.8) is 0 Å².